The Labute approximate surface area is 179 Å². The minimum atomic E-state index is -0.217. The van der Waals surface area contributed by atoms with Crippen molar-refractivity contribution in [3.63, 3.8) is 0 Å². The van der Waals surface area contributed by atoms with Gasteiger partial charge in [-0.1, -0.05) is 0 Å². The average molecular weight is 419 g/mol. The second-order valence-electron chi connectivity index (χ2n) is 7.19. The molecule has 3 aromatic rings. The molecule has 1 aliphatic heterocycles. The summed E-state index contributed by atoms with van der Waals surface area (Å²) in [6, 6.07) is 15.6. The number of rotatable bonds is 5. The third kappa shape index (κ3) is 4.61. The van der Waals surface area contributed by atoms with Crippen molar-refractivity contribution in [1.82, 2.24) is 9.80 Å². The molecule has 31 heavy (non-hydrogen) atoms. The first-order valence-corrected chi connectivity index (χ1v) is 9.90. The van der Waals surface area contributed by atoms with Gasteiger partial charge >= 0.3 is 0 Å². The van der Waals surface area contributed by atoms with Crippen LogP contribution in [0.15, 0.2) is 57.4 Å². The molecule has 8 nitrogen and oxygen atoms in total. The van der Waals surface area contributed by atoms with Crippen molar-refractivity contribution >= 4 is 11.8 Å². The van der Waals surface area contributed by atoms with Gasteiger partial charge in [-0.05, 0) is 55.5 Å². The number of nitriles is 1. The molecular weight excluding hydrogens is 398 g/mol. The summed E-state index contributed by atoms with van der Waals surface area (Å²) >= 11 is 0. The lowest BCUT2D eigenvalue weighted by Gasteiger charge is -2.33. The lowest BCUT2D eigenvalue weighted by molar-refractivity contribution is 0.0499. The molecule has 0 unspecified atom stereocenters. The van der Waals surface area contributed by atoms with Crippen LogP contribution in [0.25, 0.3) is 0 Å². The zero-order valence-electron chi connectivity index (χ0n) is 17.0. The molecule has 3 heterocycles. The van der Waals surface area contributed by atoms with Crippen molar-refractivity contribution in [3.05, 3.63) is 77.1 Å². The molecule has 0 N–H and O–H groups in total. The van der Waals surface area contributed by atoms with Crippen molar-refractivity contribution in [1.29, 1.82) is 5.26 Å². The Morgan fingerprint density at radius 2 is 1.48 bits per heavy atom. The number of nitrogens with zero attached hydrogens (tertiary/aromatic N) is 3. The highest BCUT2D eigenvalue weighted by atomic mass is 16.5. The number of hydrogen-bond donors (Lipinski definition) is 0. The smallest absolute Gasteiger partial charge is 0.289 e. The van der Waals surface area contributed by atoms with Crippen LogP contribution < -0.4 is 4.74 Å². The number of ether oxygens (including phenoxy) is 1. The predicted octanol–water partition coefficient (Wildman–Crippen LogP) is 3.23. The fourth-order valence-electron chi connectivity index (χ4n) is 3.32. The summed E-state index contributed by atoms with van der Waals surface area (Å²) in [5.41, 5.74) is 0.555. The number of carbonyl (C=O) groups is 2. The first-order chi connectivity index (χ1) is 15.0. The molecule has 0 bridgehead atoms. The van der Waals surface area contributed by atoms with Gasteiger partial charge in [0.2, 0.25) is 0 Å². The minimum Gasteiger partial charge on any atom is -0.486 e. The maximum atomic E-state index is 12.7. The normalized spacial score (nSPS) is 13.7. The van der Waals surface area contributed by atoms with Gasteiger partial charge in [-0.25, -0.2) is 0 Å². The average Bonchev–Trinajstić information content (AvgIpc) is 3.46. The molecular formula is C23H21N3O5. The number of piperazine rings is 1. The molecule has 0 saturated carbocycles. The van der Waals surface area contributed by atoms with Gasteiger partial charge in [0, 0.05) is 26.2 Å². The molecule has 8 heteroatoms. The van der Waals surface area contributed by atoms with Crippen molar-refractivity contribution < 1.29 is 23.2 Å². The number of furan rings is 2. The van der Waals surface area contributed by atoms with Crippen LogP contribution in [0.1, 0.15) is 38.2 Å². The minimum absolute atomic E-state index is 0.166. The number of aryl methyl sites for hydroxylation is 1. The molecule has 0 spiro atoms. The van der Waals surface area contributed by atoms with E-state index in [1.165, 1.54) is 0 Å². The summed E-state index contributed by atoms with van der Waals surface area (Å²) in [5, 5.41) is 8.83. The van der Waals surface area contributed by atoms with Crippen LogP contribution in [0, 0.1) is 18.3 Å². The van der Waals surface area contributed by atoms with Crippen molar-refractivity contribution in [2.45, 2.75) is 13.5 Å². The Kier molecular flexibility index (Phi) is 5.76. The zero-order valence-corrected chi connectivity index (χ0v) is 17.0. The second-order valence-corrected chi connectivity index (χ2v) is 7.19. The highest BCUT2D eigenvalue weighted by Crippen LogP contribution is 2.18. The maximum Gasteiger partial charge on any atom is 0.289 e. The van der Waals surface area contributed by atoms with Crippen molar-refractivity contribution in [2.24, 2.45) is 0 Å². The van der Waals surface area contributed by atoms with E-state index in [0.29, 0.717) is 54.8 Å². The van der Waals surface area contributed by atoms with Gasteiger partial charge in [0.1, 0.15) is 23.9 Å². The summed E-state index contributed by atoms with van der Waals surface area (Å²) in [6.45, 7) is 3.66. The van der Waals surface area contributed by atoms with Crippen molar-refractivity contribution in [2.75, 3.05) is 26.2 Å². The molecule has 158 valence electrons. The van der Waals surface area contributed by atoms with Crippen LogP contribution in [-0.2, 0) is 6.61 Å². The van der Waals surface area contributed by atoms with Crippen LogP contribution in [0.4, 0.5) is 0 Å². The summed E-state index contributed by atoms with van der Waals surface area (Å²) in [7, 11) is 0. The van der Waals surface area contributed by atoms with E-state index in [1.807, 2.05) is 0 Å². The highest BCUT2D eigenvalue weighted by molar-refractivity contribution is 5.93. The number of hydrogen-bond acceptors (Lipinski definition) is 6. The molecule has 4 rings (SSSR count). The van der Waals surface area contributed by atoms with Gasteiger partial charge in [-0.15, -0.1) is 0 Å². The molecule has 1 saturated heterocycles. The SMILES string of the molecule is Cc1ccc(C(=O)N2CCN(C(=O)c3ccc(COc4ccc(C#N)cc4)o3)CC2)o1. The Bertz CT molecular complexity index is 1110. The second kappa shape index (κ2) is 8.79. The van der Waals surface area contributed by atoms with Gasteiger partial charge in [0.15, 0.2) is 11.5 Å². The van der Waals surface area contributed by atoms with E-state index in [-0.39, 0.29) is 24.2 Å². The van der Waals surface area contributed by atoms with Crippen molar-refractivity contribution in [3.8, 4) is 11.8 Å². The van der Waals surface area contributed by atoms with Crippen LogP contribution in [0.3, 0.4) is 0 Å². The van der Waals surface area contributed by atoms with Crippen LogP contribution in [0.2, 0.25) is 0 Å². The van der Waals surface area contributed by atoms with E-state index < -0.39 is 0 Å². The quantitative estimate of drug-likeness (QED) is 0.629. The lowest BCUT2D eigenvalue weighted by atomic mass is 10.2. The van der Waals surface area contributed by atoms with E-state index in [9.17, 15) is 9.59 Å². The summed E-state index contributed by atoms with van der Waals surface area (Å²) in [5.74, 6) is 1.99. The fourth-order valence-corrected chi connectivity index (χ4v) is 3.32. The van der Waals surface area contributed by atoms with Gasteiger partial charge in [0.05, 0.1) is 11.6 Å². The van der Waals surface area contributed by atoms with E-state index in [2.05, 4.69) is 6.07 Å². The molecule has 2 amide bonds. The predicted molar refractivity (Wildman–Crippen MR) is 109 cm³/mol. The Hall–Kier alpha value is -3.99. The van der Waals surface area contributed by atoms with Gasteiger partial charge in [0.25, 0.3) is 11.8 Å². The van der Waals surface area contributed by atoms with Crippen LogP contribution in [-0.4, -0.2) is 47.8 Å². The van der Waals surface area contributed by atoms with Gasteiger partial charge in [-0.3, -0.25) is 9.59 Å². The van der Waals surface area contributed by atoms with E-state index in [0.717, 1.165) is 0 Å². The van der Waals surface area contributed by atoms with Crippen LogP contribution in [0.5, 0.6) is 5.75 Å². The third-order valence-corrected chi connectivity index (χ3v) is 5.04. The van der Waals surface area contributed by atoms with Crippen LogP contribution >= 0.6 is 0 Å². The van der Waals surface area contributed by atoms with E-state index in [1.54, 1.807) is 65.3 Å². The Morgan fingerprint density at radius 3 is 2.03 bits per heavy atom. The monoisotopic (exact) mass is 419 g/mol. The largest absolute Gasteiger partial charge is 0.486 e. The maximum absolute atomic E-state index is 12.7. The summed E-state index contributed by atoms with van der Waals surface area (Å²) < 4.78 is 16.7. The Morgan fingerprint density at radius 1 is 0.903 bits per heavy atom. The molecule has 0 radical (unpaired) electrons. The Balaban J connectivity index is 1.29. The number of benzene rings is 1. The molecule has 0 aliphatic carbocycles. The topological polar surface area (TPSA) is 99.9 Å². The third-order valence-electron chi connectivity index (χ3n) is 5.04. The van der Waals surface area contributed by atoms with Gasteiger partial charge < -0.3 is 23.4 Å². The van der Waals surface area contributed by atoms with E-state index >= 15 is 0 Å². The highest BCUT2D eigenvalue weighted by Gasteiger charge is 2.28. The summed E-state index contributed by atoms with van der Waals surface area (Å²) in [6.07, 6.45) is 0. The molecule has 2 aromatic heterocycles. The van der Waals surface area contributed by atoms with E-state index in [4.69, 9.17) is 18.8 Å². The fraction of sp³-hybridized carbons (Fsp3) is 0.261. The molecule has 0 atom stereocenters. The zero-order chi connectivity index (χ0) is 21.8. The van der Waals surface area contributed by atoms with Gasteiger partial charge in [-0.2, -0.15) is 5.26 Å². The molecule has 1 aliphatic rings. The first kappa shape index (κ1) is 20.3. The number of amides is 2. The summed E-state index contributed by atoms with van der Waals surface area (Å²) in [4.78, 5) is 28.6. The first-order valence-electron chi connectivity index (χ1n) is 9.90. The number of carbonyl (C=O) groups excluding carboxylic acids is 2. The standard InChI is InChI=1S/C23H21N3O5/c1-16-2-8-20(30-16)22(27)25-10-12-26(13-11-25)23(28)21-9-7-19(31-21)15-29-18-5-3-17(14-24)4-6-18/h2-9H,10-13,15H2,1H3. The molecule has 1 aromatic carbocycles. The molecule has 1 fully saturated rings. The lowest BCUT2D eigenvalue weighted by Crippen LogP contribution is -2.50.